The Morgan fingerprint density at radius 3 is 1.93 bits per heavy atom. The molecule has 0 saturated carbocycles. The Morgan fingerprint density at radius 1 is 0.933 bits per heavy atom. The Bertz CT molecular complexity index is 306. The van der Waals surface area contributed by atoms with Gasteiger partial charge >= 0.3 is 33.3 Å². The molecule has 0 nitrogen and oxygen atoms in total. The summed E-state index contributed by atoms with van der Waals surface area (Å²) in [5, 5.41) is 0. The molecule has 1 aromatic rings. The lowest BCUT2D eigenvalue weighted by Gasteiger charge is -2.13. The van der Waals surface area contributed by atoms with Crippen LogP contribution in [0.15, 0.2) is 30.3 Å². The van der Waals surface area contributed by atoms with Crippen LogP contribution in [0.25, 0.3) is 0 Å². The van der Waals surface area contributed by atoms with Crippen LogP contribution in [0, 0.1) is 3.57 Å². The van der Waals surface area contributed by atoms with Gasteiger partial charge in [0.15, 0.2) is 3.57 Å². The van der Waals surface area contributed by atoms with Gasteiger partial charge in [-0.3, -0.25) is 0 Å². The summed E-state index contributed by atoms with van der Waals surface area (Å²) in [6.45, 7) is 0. The first-order valence-corrected chi connectivity index (χ1v) is 6.52. The quantitative estimate of drug-likeness (QED) is 0.418. The highest BCUT2D eigenvalue weighted by atomic mass is 127. The predicted octanol–water partition coefficient (Wildman–Crippen LogP) is 0.143. The number of benzene rings is 1. The molecule has 0 aromatic heterocycles. The van der Waals surface area contributed by atoms with Gasteiger partial charge in [0, 0.05) is 0 Å². The smallest absolute Gasteiger partial charge is 0.191 e. The first-order chi connectivity index (χ1) is 6.83. The Balaban J connectivity index is 2.58. The second kappa shape index (κ2) is 4.63. The van der Waals surface area contributed by atoms with Crippen LogP contribution < -0.4 is 21.2 Å². The van der Waals surface area contributed by atoms with E-state index >= 15 is 0 Å². The summed E-state index contributed by atoms with van der Waals surface area (Å²) < 4.78 is 59.9. The molecule has 15 heavy (non-hydrogen) atoms. The molecule has 0 N–H and O–H groups in total. The summed E-state index contributed by atoms with van der Waals surface area (Å²) >= 11 is -1.30. The third kappa shape index (κ3) is 3.58. The van der Waals surface area contributed by atoms with Crippen molar-refractivity contribution in [3.63, 3.8) is 0 Å². The van der Waals surface area contributed by atoms with Crippen LogP contribution in [0.1, 0.15) is 0 Å². The highest BCUT2D eigenvalue weighted by Gasteiger charge is 2.61. The number of rotatable bonds is 3. The molecule has 0 radical (unpaired) electrons. The fourth-order valence-corrected chi connectivity index (χ4v) is 3.02. The van der Waals surface area contributed by atoms with E-state index < -0.39 is 37.7 Å². The molecule has 0 heterocycles. The lowest BCUT2D eigenvalue weighted by atomic mass is 10.4. The van der Waals surface area contributed by atoms with E-state index in [1.807, 2.05) is 0 Å². The van der Waals surface area contributed by atoms with E-state index in [1.54, 1.807) is 30.3 Å². The highest BCUT2D eigenvalue weighted by Crippen LogP contribution is 2.33. The van der Waals surface area contributed by atoms with Gasteiger partial charge in [0.25, 0.3) is 0 Å². The predicted molar refractivity (Wildman–Crippen MR) is 41.0 cm³/mol. The zero-order valence-electron chi connectivity index (χ0n) is 7.36. The van der Waals surface area contributed by atoms with Gasteiger partial charge in [-0.1, -0.05) is 18.2 Å². The summed E-state index contributed by atoms with van der Waals surface area (Å²) in [5.41, 5.74) is 0. The summed E-state index contributed by atoms with van der Waals surface area (Å²) in [4.78, 5) is 0. The van der Waals surface area contributed by atoms with Gasteiger partial charge in [-0.2, -0.15) is 22.0 Å². The Hall–Kier alpha value is -0.400. The van der Waals surface area contributed by atoms with E-state index in [0.717, 1.165) is 0 Å². The van der Waals surface area contributed by atoms with Crippen molar-refractivity contribution in [1.29, 1.82) is 0 Å². The number of halogens is 6. The van der Waals surface area contributed by atoms with Gasteiger partial charge in [0.1, 0.15) is 0 Å². The van der Waals surface area contributed by atoms with Crippen molar-refractivity contribution < 1.29 is 43.2 Å². The van der Waals surface area contributed by atoms with Gasteiger partial charge in [-0.25, -0.2) is 0 Å². The van der Waals surface area contributed by atoms with Crippen molar-refractivity contribution in [3.05, 3.63) is 33.9 Å². The van der Waals surface area contributed by atoms with Crippen LogP contribution in [0.2, 0.25) is 0 Å². The second-order valence-electron chi connectivity index (χ2n) is 2.77. The fraction of sp³-hybridized carbons (Fsp3) is 0.333. The fourth-order valence-electron chi connectivity index (χ4n) is 0.741. The maximum Gasteiger partial charge on any atom is 0.457 e. The number of alkyl halides is 6. The Labute approximate surface area is 93.7 Å². The molecule has 1 aromatic carbocycles. The normalized spacial score (nSPS) is 12.9. The molecule has 0 bridgehead atoms. The van der Waals surface area contributed by atoms with Crippen LogP contribution in [0.5, 0.6) is 0 Å². The van der Waals surface area contributed by atoms with Crippen molar-refractivity contribution >= 4 is 0 Å². The molecule has 1 rings (SSSR count). The topological polar surface area (TPSA) is 0 Å². The molecule has 0 aliphatic rings. The Kier molecular flexibility index (Phi) is 3.91. The Morgan fingerprint density at radius 2 is 1.47 bits per heavy atom. The van der Waals surface area contributed by atoms with E-state index in [0.29, 0.717) is 3.57 Å². The third-order valence-electron chi connectivity index (χ3n) is 1.54. The summed E-state index contributed by atoms with van der Waals surface area (Å²) in [6, 6.07) is 8.08. The number of hydrogen-bond acceptors (Lipinski definition) is 0. The average molecular weight is 337 g/mol. The second-order valence-corrected chi connectivity index (χ2v) is 5.54. The molecular formula is C9H7F5I+. The van der Waals surface area contributed by atoms with E-state index in [1.165, 1.54) is 0 Å². The van der Waals surface area contributed by atoms with Crippen LogP contribution >= 0.6 is 0 Å². The standard InChI is InChI=1S/C9H7F5I/c10-8(11,9(12,13)14)6-15-7-4-2-1-3-5-7/h1-5H,6H2/q+1. The molecule has 0 spiro atoms. The molecule has 0 fully saturated rings. The maximum absolute atomic E-state index is 12.5. The summed E-state index contributed by atoms with van der Waals surface area (Å²) in [7, 11) is 0. The van der Waals surface area contributed by atoms with E-state index in [-0.39, 0.29) is 0 Å². The minimum absolute atomic E-state index is 0.584. The molecule has 6 heteroatoms. The van der Waals surface area contributed by atoms with Gasteiger partial charge in [0.05, 0.1) is 0 Å². The van der Waals surface area contributed by atoms with Crippen molar-refractivity contribution in [3.8, 4) is 0 Å². The molecule has 0 unspecified atom stereocenters. The lowest BCUT2D eigenvalue weighted by molar-refractivity contribution is -0.651. The largest absolute Gasteiger partial charge is 0.457 e. The molecule has 84 valence electrons. The van der Waals surface area contributed by atoms with Gasteiger partial charge in [0.2, 0.25) is 4.43 Å². The van der Waals surface area contributed by atoms with Gasteiger partial charge in [-0.05, 0) is 12.1 Å². The van der Waals surface area contributed by atoms with Gasteiger partial charge in [-0.15, -0.1) is 0 Å². The van der Waals surface area contributed by atoms with Crippen molar-refractivity contribution in [2.24, 2.45) is 0 Å². The summed E-state index contributed by atoms with van der Waals surface area (Å²) in [6.07, 6.45) is -5.43. The number of hydrogen-bond donors (Lipinski definition) is 0. The summed E-state index contributed by atoms with van der Waals surface area (Å²) in [5.74, 6) is -4.56. The molecule has 0 atom stereocenters. The SMILES string of the molecule is FC(F)(F)C(F)(F)C[I+]c1ccccc1. The maximum atomic E-state index is 12.5. The molecule has 0 amide bonds. The molecule has 0 saturated heterocycles. The third-order valence-corrected chi connectivity index (χ3v) is 4.48. The zero-order chi connectivity index (χ0) is 11.5. The van der Waals surface area contributed by atoms with Gasteiger partial charge < -0.3 is 0 Å². The van der Waals surface area contributed by atoms with Crippen LogP contribution in [0.3, 0.4) is 0 Å². The van der Waals surface area contributed by atoms with E-state index in [4.69, 9.17) is 0 Å². The van der Waals surface area contributed by atoms with Crippen LogP contribution in [-0.4, -0.2) is 16.5 Å². The van der Waals surface area contributed by atoms with Crippen LogP contribution in [0.4, 0.5) is 22.0 Å². The van der Waals surface area contributed by atoms with Crippen molar-refractivity contribution in [2.75, 3.05) is 4.43 Å². The zero-order valence-corrected chi connectivity index (χ0v) is 9.52. The van der Waals surface area contributed by atoms with E-state index in [9.17, 15) is 22.0 Å². The van der Waals surface area contributed by atoms with Crippen molar-refractivity contribution in [2.45, 2.75) is 12.1 Å². The molecular weight excluding hydrogens is 330 g/mol. The van der Waals surface area contributed by atoms with Crippen molar-refractivity contribution in [1.82, 2.24) is 0 Å². The lowest BCUT2D eigenvalue weighted by Crippen LogP contribution is -3.63. The molecule has 0 aliphatic heterocycles. The first kappa shape index (κ1) is 12.7. The van der Waals surface area contributed by atoms with E-state index in [2.05, 4.69) is 0 Å². The first-order valence-electron chi connectivity index (χ1n) is 3.92. The average Bonchev–Trinajstić information content (AvgIpc) is 2.15. The highest BCUT2D eigenvalue weighted by molar-refractivity contribution is 4.99. The monoisotopic (exact) mass is 337 g/mol. The minimum atomic E-state index is -5.43. The minimum Gasteiger partial charge on any atom is -0.191 e. The molecule has 0 aliphatic carbocycles. The van der Waals surface area contributed by atoms with Crippen LogP contribution in [-0.2, 0) is 0 Å².